The zero-order valence-electron chi connectivity index (χ0n) is 25.0. The summed E-state index contributed by atoms with van der Waals surface area (Å²) in [6.07, 6.45) is 14.9. The quantitative estimate of drug-likeness (QED) is 0.484. The van der Waals surface area contributed by atoms with E-state index in [0.717, 1.165) is 19.6 Å². The maximum Gasteiger partial charge on any atom is 0.0681 e. The first-order valence-corrected chi connectivity index (χ1v) is 16.8. The molecule has 2 spiro atoms. The highest BCUT2D eigenvalue weighted by Gasteiger charge is 2.69. The van der Waals surface area contributed by atoms with Crippen molar-refractivity contribution >= 4 is 11.4 Å². The molecule has 8 atom stereocenters. The van der Waals surface area contributed by atoms with E-state index in [2.05, 4.69) is 99.6 Å². The minimum absolute atomic E-state index is 0.113. The van der Waals surface area contributed by atoms with Gasteiger partial charge >= 0.3 is 0 Å². The van der Waals surface area contributed by atoms with Crippen LogP contribution >= 0.6 is 0 Å². The summed E-state index contributed by atoms with van der Waals surface area (Å²) < 4.78 is 0. The first-order valence-electron chi connectivity index (χ1n) is 16.8. The molecule has 4 bridgehead atoms. The van der Waals surface area contributed by atoms with Crippen LogP contribution in [0.5, 0.6) is 0 Å². The van der Waals surface area contributed by atoms with Gasteiger partial charge in [-0.15, -0.1) is 0 Å². The molecule has 5 heteroatoms. The maximum atomic E-state index is 10.2. The van der Waals surface area contributed by atoms with E-state index in [1.165, 1.54) is 49.2 Å². The summed E-state index contributed by atoms with van der Waals surface area (Å²) in [6.45, 7) is 6.87. The average Bonchev–Trinajstić information content (AvgIpc) is 3.76. The van der Waals surface area contributed by atoms with Crippen LogP contribution in [0.25, 0.3) is 0 Å². The van der Waals surface area contributed by atoms with Crippen LogP contribution in [0.15, 0.2) is 95.4 Å². The van der Waals surface area contributed by atoms with Crippen molar-refractivity contribution in [1.29, 1.82) is 0 Å². The highest BCUT2D eigenvalue weighted by molar-refractivity contribution is 5.77. The molecule has 11 rings (SSSR count). The van der Waals surface area contributed by atoms with E-state index in [1.54, 1.807) is 27.8 Å². The number of piperidine rings is 2. The molecular formula is C38H40N4O. The van der Waals surface area contributed by atoms with Gasteiger partial charge in [0.05, 0.1) is 18.7 Å². The number of hydrogen-bond acceptors (Lipinski definition) is 5. The summed E-state index contributed by atoms with van der Waals surface area (Å²) in [5.74, 6) is 0.889. The third kappa shape index (κ3) is 2.55. The van der Waals surface area contributed by atoms with Crippen LogP contribution in [0.3, 0.4) is 0 Å². The molecule has 7 aliphatic heterocycles. The number of aliphatic hydroxyl groups is 1. The summed E-state index contributed by atoms with van der Waals surface area (Å²) >= 11 is 0. The standard InChI is InChI=1S/C38H40N4O/c1-2-23-19-39-14-12-37-29-7-3-6-10-32(29)42-22-28-26-18-34-38(13-15-40(34)20-24(26)11-16-43)30-8-4-5-9-31(30)41(36(28)38)21-27(35(37)42)25(23)17-33(37)39/h2-11,21-22,25-26,33-36,43H,12-20H2,1H3/b23-2-,24-11-,27-21-,28-22-. The first-order chi connectivity index (χ1) is 21.2. The van der Waals surface area contributed by atoms with Crippen molar-refractivity contribution in [2.75, 3.05) is 42.6 Å². The number of fused-ring (bicyclic) bond motifs is 8. The third-order valence-corrected chi connectivity index (χ3v) is 13.9. The van der Waals surface area contributed by atoms with Crippen molar-refractivity contribution in [2.45, 2.75) is 67.6 Å². The van der Waals surface area contributed by atoms with E-state index in [1.807, 2.05) is 0 Å². The smallest absolute Gasteiger partial charge is 0.0681 e. The Balaban J connectivity index is 1.24. The van der Waals surface area contributed by atoms with Gasteiger partial charge in [-0.1, -0.05) is 59.7 Å². The second kappa shape index (κ2) is 7.93. The minimum Gasteiger partial charge on any atom is -0.392 e. The molecular weight excluding hydrogens is 528 g/mol. The summed E-state index contributed by atoms with van der Waals surface area (Å²) in [4.78, 5) is 11.2. The van der Waals surface area contributed by atoms with Crippen molar-refractivity contribution in [2.24, 2.45) is 11.8 Å². The highest BCUT2D eigenvalue weighted by Crippen LogP contribution is 2.67. The molecule has 6 fully saturated rings. The lowest BCUT2D eigenvalue weighted by molar-refractivity contribution is 0.121. The van der Waals surface area contributed by atoms with Crippen molar-refractivity contribution in [1.82, 2.24) is 9.80 Å². The zero-order valence-corrected chi connectivity index (χ0v) is 25.0. The number of rotatable bonds is 1. The van der Waals surface area contributed by atoms with Crippen LogP contribution in [0.2, 0.25) is 0 Å². The number of para-hydroxylation sites is 2. The molecule has 0 amide bonds. The van der Waals surface area contributed by atoms with E-state index in [9.17, 15) is 5.11 Å². The Morgan fingerprint density at radius 2 is 1.26 bits per heavy atom. The lowest BCUT2D eigenvalue weighted by atomic mass is 9.56. The van der Waals surface area contributed by atoms with Crippen LogP contribution in [-0.2, 0) is 10.8 Å². The molecule has 43 heavy (non-hydrogen) atoms. The number of hydrogen-bond donors (Lipinski definition) is 1. The Morgan fingerprint density at radius 1 is 0.744 bits per heavy atom. The topological polar surface area (TPSA) is 33.2 Å². The Morgan fingerprint density at radius 3 is 1.79 bits per heavy atom. The molecule has 2 saturated carbocycles. The van der Waals surface area contributed by atoms with E-state index in [-0.39, 0.29) is 17.4 Å². The largest absolute Gasteiger partial charge is 0.392 e. The second-order valence-corrected chi connectivity index (χ2v) is 14.9. The molecule has 5 nitrogen and oxygen atoms in total. The van der Waals surface area contributed by atoms with Gasteiger partial charge in [-0.2, -0.15) is 0 Å². The summed E-state index contributed by atoms with van der Waals surface area (Å²) in [5, 5.41) is 10.2. The fraction of sp³-hybridized carbons (Fsp3) is 0.474. The summed E-state index contributed by atoms with van der Waals surface area (Å²) in [7, 11) is 0. The highest BCUT2D eigenvalue weighted by atomic mass is 16.2. The molecule has 4 saturated heterocycles. The third-order valence-electron chi connectivity index (χ3n) is 13.9. The first kappa shape index (κ1) is 24.2. The van der Waals surface area contributed by atoms with Crippen LogP contribution in [0.1, 0.15) is 43.7 Å². The Bertz CT molecular complexity index is 1740. The molecule has 7 heterocycles. The van der Waals surface area contributed by atoms with Gasteiger partial charge in [0.15, 0.2) is 0 Å². The van der Waals surface area contributed by atoms with Gasteiger partial charge < -0.3 is 14.9 Å². The van der Waals surface area contributed by atoms with Crippen molar-refractivity contribution in [3.63, 3.8) is 0 Å². The Kier molecular flexibility index (Phi) is 4.47. The summed E-state index contributed by atoms with van der Waals surface area (Å²) in [5.41, 5.74) is 12.6. The fourth-order valence-corrected chi connectivity index (χ4v) is 12.6. The van der Waals surface area contributed by atoms with E-state index >= 15 is 0 Å². The number of anilines is 2. The fourth-order valence-electron chi connectivity index (χ4n) is 12.6. The minimum atomic E-state index is 0.113. The zero-order chi connectivity index (χ0) is 28.2. The number of allylic oxidation sites excluding steroid dienone is 1. The Hall–Kier alpha value is -3.12. The predicted octanol–water partition coefficient (Wildman–Crippen LogP) is 5.10. The second-order valence-electron chi connectivity index (χ2n) is 14.9. The average molecular weight is 569 g/mol. The Labute approximate surface area is 254 Å². The SMILES string of the molecule is C/C=C1/CN2CCC34c5ccccc5N5/C=C6/C7CC8N(CCC89c8ccccc8N(/C=C(/C1CC23)C54)C69)C/C7=C/CO. The van der Waals surface area contributed by atoms with Gasteiger partial charge in [-0.05, 0) is 80.1 Å². The van der Waals surface area contributed by atoms with Gasteiger partial charge in [-0.25, -0.2) is 0 Å². The molecule has 2 aliphatic carbocycles. The van der Waals surface area contributed by atoms with E-state index in [0.29, 0.717) is 36.0 Å². The van der Waals surface area contributed by atoms with Crippen LogP contribution in [0.4, 0.5) is 11.4 Å². The van der Waals surface area contributed by atoms with Gasteiger partial charge in [-0.3, -0.25) is 9.80 Å². The van der Waals surface area contributed by atoms with Gasteiger partial charge in [0.25, 0.3) is 0 Å². The molecule has 1 N–H and O–H groups in total. The van der Waals surface area contributed by atoms with Crippen LogP contribution < -0.4 is 9.80 Å². The lowest BCUT2D eigenvalue weighted by Gasteiger charge is -2.57. The molecule has 0 radical (unpaired) electrons. The molecule has 0 aromatic heterocycles. The summed E-state index contributed by atoms with van der Waals surface area (Å²) in [6, 6.07) is 20.7. The van der Waals surface area contributed by atoms with Crippen LogP contribution in [-0.4, -0.2) is 71.9 Å². The molecule has 8 unspecified atom stereocenters. The molecule has 2 aromatic carbocycles. The van der Waals surface area contributed by atoms with Crippen molar-refractivity contribution in [3.05, 3.63) is 107 Å². The van der Waals surface area contributed by atoms with Gasteiger partial charge in [0, 0.05) is 71.6 Å². The van der Waals surface area contributed by atoms with Gasteiger partial charge in [0.1, 0.15) is 0 Å². The van der Waals surface area contributed by atoms with E-state index < -0.39 is 0 Å². The molecule has 218 valence electrons. The van der Waals surface area contributed by atoms with Crippen molar-refractivity contribution in [3.8, 4) is 0 Å². The molecule has 2 aromatic rings. The normalized spacial score (nSPS) is 45.2. The molecule has 9 aliphatic rings. The number of benzene rings is 2. The monoisotopic (exact) mass is 568 g/mol. The van der Waals surface area contributed by atoms with Crippen LogP contribution in [0, 0.1) is 11.8 Å². The lowest BCUT2D eigenvalue weighted by Crippen LogP contribution is -2.63. The maximum absolute atomic E-state index is 10.2. The predicted molar refractivity (Wildman–Crippen MR) is 170 cm³/mol. The van der Waals surface area contributed by atoms with E-state index in [4.69, 9.17) is 0 Å². The number of aliphatic hydroxyl groups excluding tert-OH is 1. The van der Waals surface area contributed by atoms with Gasteiger partial charge in [0.2, 0.25) is 0 Å². The number of nitrogens with zero attached hydrogens (tertiary/aromatic N) is 4. The van der Waals surface area contributed by atoms with Crippen molar-refractivity contribution < 1.29 is 5.11 Å².